The van der Waals surface area contributed by atoms with Gasteiger partial charge in [-0.1, -0.05) is 41.9 Å². The Bertz CT molecular complexity index is 650. The molecule has 0 radical (unpaired) electrons. The Morgan fingerprint density at radius 1 is 1.00 bits per heavy atom. The molecule has 0 bridgehead atoms. The van der Waals surface area contributed by atoms with Gasteiger partial charge in [-0.2, -0.15) is 0 Å². The zero-order valence-corrected chi connectivity index (χ0v) is 17.4. The summed E-state index contributed by atoms with van der Waals surface area (Å²) in [6.07, 6.45) is 0. The van der Waals surface area contributed by atoms with E-state index in [2.05, 4.69) is 22.3 Å². The molecule has 4 nitrogen and oxygen atoms in total. The van der Waals surface area contributed by atoms with E-state index >= 15 is 0 Å². The molecule has 0 amide bonds. The molecule has 1 heterocycles. The van der Waals surface area contributed by atoms with Crippen molar-refractivity contribution in [3.8, 4) is 5.75 Å². The summed E-state index contributed by atoms with van der Waals surface area (Å²) in [5, 5.41) is 4.23. The number of nitrogens with one attached hydrogen (secondary N) is 1. The third-order valence-electron chi connectivity index (χ3n) is 4.31. The maximum atomic E-state index is 6.14. The van der Waals surface area contributed by atoms with E-state index < -0.39 is 0 Å². The van der Waals surface area contributed by atoms with E-state index in [9.17, 15) is 0 Å². The zero-order chi connectivity index (χ0) is 17.3. The summed E-state index contributed by atoms with van der Waals surface area (Å²) >= 11 is 6.14. The molecular weight excluding hydrogens is 407 g/mol. The van der Waals surface area contributed by atoms with Crippen molar-refractivity contribution in [1.29, 1.82) is 0 Å². The van der Waals surface area contributed by atoms with Gasteiger partial charge in [0.25, 0.3) is 0 Å². The number of nitrogens with zero attached hydrogens (tertiary/aromatic N) is 1. The van der Waals surface area contributed by atoms with E-state index in [1.54, 1.807) is 0 Å². The molecule has 0 aliphatic carbocycles. The Hall–Kier alpha value is -1.01. The van der Waals surface area contributed by atoms with Crippen molar-refractivity contribution >= 4 is 11.6 Å². The van der Waals surface area contributed by atoms with E-state index in [1.807, 2.05) is 36.4 Å². The smallest absolute Gasteiger partial charge is 0.119 e. The van der Waals surface area contributed by atoms with Crippen molar-refractivity contribution in [2.45, 2.75) is 13.2 Å². The van der Waals surface area contributed by atoms with E-state index in [0.29, 0.717) is 6.61 Å². The van der Waals surface area contributed by atoms with Crippen LogP contribution in [0.5, 0.6) is 5.75 Å². The summed E-state index contributed by atoms with van der Waals surface area (Å²) in [4.78, 5) is 2.43. The van der Waals surface area contributed by atoms with E-state index in [1.165, 1.54) is 5.56 Å². The van der Waals surface area contributed by atoms with Crippen LogP contribution in [-0.2, 0) is 17.9 Å². The minimum absolute atomic E-state index is 0. The highest BCUT2D eigenvalue weighted by Crippen LogP contribution is 2.19. The largest absolute Gasteiger partial charge is 1.00 e. The monoisotopic (exact) mass is 430 g/mol. The molecule has 7 heteroatoms. The van der Waals surface area contributed by atoms with Crippen molar-refractivity contribution in [2.24, 2.45) is 0 Å². The summed E-state index contributed by atoms with van der Waals surface area (Å²) < 4.78 is 11.2. The predicted octanol–water partition coefficient (Wildman–Crippen LogP) is -2.65. The molecule has 27 heavy (non-hydrogen) atoms. The Kier molecular flexibility index (Phi) is 11.8. The molecule has 1 aliphatic rings. The van der Waals surface area contributed by atoms with Crippen molar-refractivity contribution in [3.05, 3.63) is 64.7 Å². The van der Waals surface area contributed by atoms with Crippen LogP contribution in [0.25, 0.3) is 0 Å². The van der Waals surface area contributed by atoms with Crippen LogP contribution < -0.4 is 34.9 Å². The van der Waals surface area contributed by atoms with Gasteiger partial charge >= 0.3 is 0 Å². The average molecular weight is 432 g/mol. The topological polar surface area (TPSA) is 33.7 Å². The van der Waals surface area contributed by atoms with E-state index in [-0.39, 0.29) is 24.8 Å². The minimum Gasteiger partial charge on any atom is -1.00 e. The van der Waals surface area contributed by atoms with Gasteiger partial charge in [0, 0.05) is 43.3 Å². The predicted molar refractivity (Wildman–Crippen MR) is 101 cm³/mol. The van der Waals surface area contributed by atoms with Crippen LogP contribution in [0, 0.1) is 0 Å². The lowest BCUT2D eigenvalue weighted by Crippen LogP contribution is -3.00. The molecule has 1 saturated heterocycles. The second-order valence-corrected chi connectivity index (χ2v) is 6.56. The Morgan fingerprint density at radius 2 is 1.70 bits per heavy atom. The number of rotatable bonds is 8. The number of morpholine rings is 1. The SMILES string of the molecule is Clc1ccccc1COc1ccc(CNCCN2CCOCC2)cc1.[Cl-].[Cl-]. The quantitative estimate of drug-likeness (QED) is 0.463. The Labute approximate surface area is 179 Å². The maximum Gasteiger partial charge on any atom is 0.119 e. The lowest BCUT2D eigenvalue weighted by Gasteiger charge is -2.26. The summed E-state index contributed by atoms with van der Waals surface area (Å²) in [6, 6.07) is 16.0. The van der Waals surface area contributed by atoms with Gasteiger partial charge in [0.05, 0.1) is 13.2 Å². The molecule has 0 spiro atoms. The van der Waals surface area contributed by atoms with Crippen LogP contribution in [0.3, 0.4) is 0 Å². The van der Waals surface area contributed by atoms with Crippen LogP contribution in [0.15, 0.2) is 48.5 Å². The van der Waals surface area contributed by atoms with Crippen LogP contribution >= 0.6 is 11.6 Å². The molecule has 1 aliphatic heterocycles. The van der Waals surface area contributed by atoms with Crippen molar-refractivity contribution in [1.82, 2.24) is 10.2 Å². The van der Waals surface area contributed by atoms with Gasteiger partial charge in [-0.05, 0) is 23.8 Å². The molecule has 0 saturated carbocycles. The van der Waals surface area contributed by atoms with Crippen LogP contribution in [0.4, 0.5) is 0 Å². The van der Waals surface area contributed by atoms with Gasteiger partial charge < -0.3 is 39.6 Å². The van der Waals surface area contributed by atoms with Gasteiger partial charge in [0.1, 0.15) is 12.4 Å². The first-order valence-electron chi connectivity index (χ1n) is 8.77. The summed E-state index contributed by atoms with van der Waals surface area (Å²) in [5.41, 5.74) is 2.25. The average Bonchev–Trinajstić information content (AvgIpc) is 2.66. The second kappa shape index (κ2) is 13.2. The fraction of sp³-hybridized carbons (Fsp3) is 0.400. The van der Waals surface area contributed by atoms with Gasteiger partial charge in [0.2, 0.25) is 0 Å². The van der Waals surface area contributed by atoms with Crippen molar-refractivity contribution < 1.29 is 34.3 Å². The van der Waals surface area contributed by atoms with Gasteiger partial charge in [-0.15, -0.1) is 0 Å². The highest BCUT2D eigenvalue weighted by molar-refractivity contribution is 6.31. The normalized spacial score (nSPS) is 14.1. The first-order valence-corrected chi connectivity index (χ1v) is 9.15. The van der Waals surface area contributed by atoms with Crippen molar-refractivity contribution in [2.75, 3.05) is 39.4 Å². The van der Waals surface area contributed by atoms with E-state index in [4.69, 9.17) is 21.1 Å². The summed E-state index contributed by atoms with van der Waals surface area (Å²) in [6.45, 7) is 7.21. The lowest BCUT2D eigenvalue weighted by molar-refractivity contribution is -0.00100. The fourth-order valence-corrected chi connectivity index (χ4v) is 2.97. The van der Waals surface area contributed by atoms with Crippen LogP contribution in [0.2, 0.25) is 5.02 Å². The first-order chi connectivity index (χ1) is 12.3. The van der Waals surface area contributed by atoms with Gasteiger partial charge in [-0.25, -0.2) is 0 Å². The van der Waals surface area contributed by atoms with E-state index in [0.717, 1.165) is 62.3 Å². The molecule has 0 atom stereocenters. The number of halogens is 3. The highest BCUT2D eigenvalue weighted by Gasteiger charge is 2.08. The summed E-state index contributed by atoms with van der Waals surface area (Å²) in [7, 11) is 0. The molecule has 2 aromatic rings. The number of hydrogen-bond donors (Lipinski definition) is 1. The molecule has 150 valence electrons. The Balaban J connectivity index is 0.00000182. The number of benzene rings is 2. The van der Waals surface area contributed by atoms with Crippen LogP contribution in [0.1, 0.15) is 11.1 Å². The molecule has 0 unspecified atom stereocenters. The molecule has 3 rings (SSSR count). The second-order valence-electron chi connectivity index (χ2n) is 6.15. The number of ether oxygens (including phenoxy) is 2. The zero-order valence-electron chi connectivity index (χ0n) is 15.2. The third kappa shape index (κ3) is 8.26. The highest BCUT2D eigenvalue weighted by atomic mass is 35.5. The first kappa shape index (κ1) is 24.0. The van der Waals surface area contributed by atoms with Crippen molar-refractivity contribution in [3.63, 3.8) is 0 Å². The fourth-order valence-electron chi connectivity index (χ4n) is 2.77. The molecule has 1 N–H and O–H groups in total. The molecule has 0 aromatic heterocycles. The lowest BCUT2D eigenvalue weighted by atomic mass is 10.2. The Morgan fingerprint density at radius 3 is 2.41 bits per heavy atom. The number of hydrogen-bond acceptors (Lipinski definition) is 4. The van der Waals surface area contributed by atoms with Crippen LogP contribution in [-0.4, -0.2) is 44.3 Å². The molecule has 2 aromatic carbocycles. The van der Waals surface area contributed by atoms with Gasteiger partial charge in [-0.3, -0.25) is 4.90 Å². The maximum absolute atomic E-state index is 6.14. The van der Waals surface area contributed by atoms with Gasteiger partial charge in [0.15, 0.2) is 0 Å². The summed E-state index contributed by atoms with van der Waals surface area (Å²) in [5.74, 6) is 0.858. The third-order valence-corrected chi connectivity index (χ3v) is 4.68. The standard InChI is InChI=1S/C20H25ClN2O2.2ClH/c21-20-4-2-1-3-18(20)16-25-19-7-5-17(6-8-19)15-22-9-10-23-11-13-24-14-12-23;;/h1-8,22H,9-16H2;2*1H/p-2. The molecule has 1 fully saturated rings. The minimum atomic E-state index is 0. The molecular formula is C20H25Cl3N2O2-2.